The molecule has 0 aromatic heterocycles. The van der Waals surface area contributed by atoms with Crippen molar-refractivity contribution in [2.24, 2.45) is 5.41 Å². The number of carboxylic acids is 1. The molecule has 0 saturated heterocycles. The smallest absolute Gasteiger partial charge is 0.341 e. The maximum atomic E-state index is 13.0. The molecule has 38 heavy (non-hydrogen) atoms. The average molecular weight is 517 g/mol. The molecule has 0 heterocycles. The topological polar surface area (TPSA) is 114 Å². The Morgan fingerprint density at radius 3 is 2.32 bits per heavy atom. The molecule has 198 valence electrons. The lowest BCUT2D eigenvalue weighted by molar-refractivity contribution is -0.139. The highest BCUT2D eigenvalue weighted by Crippen LogP contribution is 2.29. The highest BCUT2D eigenvalue weighted by molar-refractivity contribution is 6.00. The molecule has 0 aliphatic heterocycles. The number of rotatable bonds is 11. The van der Waals surface area contributed by atoms with Gasteiger partial charge < -0.3 is 25.2 Å². The number of hydrogen-bond acceptors (Lipinski definition) is 5. The number of para-hydroxylation sites is 1. The Hall–Kier alpha value is -4.59. The van der Waals surface area contributed by atoms with E-state index >= 15 is 0 Å². The van der Waals surface area contributed by atoms with Crippen LogP contribution in [-0.4, -0.2) is 36.6 Å². The van der Waals surface area contributed by atoms with Gasteiger partial charge in [0.25, 0.3) is 0 Å². The van der Waals surface area contributed by atoms with Crippen molar-refractivity contribution in [3.05, 3.63) is 89.5 Å². The van der Waals surface area contributed by atoms with Crippen molar-refractivity contribution < 1.29 is 29.0 Å². The van der Waals surface area contributed by atoms with Crippen molar-refractivity contribution >= 4 is 35.2 Å². The van der Waals surface area contributed by atoms with Crippen LogP contribution in [0.4, 0.5) is 16.2 Å². The number of carbonyl (C=O) groups is 3. The Bertz CT molecular complexity index is 1330. The minimum atomic E-state index is -1.08. The number of aryl methyl sites for hydroxylation is 1. The number of benzene rings is 3. The number of carboxylic acid groups (broad SMARTS) is 1. The Morgan fingerprint density at radius 1 is 0.947 bits per heavy atom. The molecule has 3 N–H and O–H groups in total. The molecule has 0 atom stereocenters. The summed E-state index contributed by atoms with van der Waals surface area (Å²) in [5.41, 5.74) is 3.38. The number of amides is 2. The van der Waals surface area contributed by atoms with E-state index in [0.29, 0.717) is 29.2 Å². The molecule has 8 heteroatoms. The molecule has 0 unspecified atom stereocenters. The lowest BCUT2D eigenvalue weighted by atomic mass is 9.81. The zero-order valence-corrected chi connectivity index (χ0v) is 21.9. The van der Waals surface area contributed by atoms with Gasteiger partial charge in [0.15, 0.2) is 23.9 Å². The minimum absolute atomic E-state index is 0.0533. The van der Waals surface area contributed by atoms with E-state index in [-0.39, 0.29) is 11.8 Å². The van der Waals surface area contributed by atoms with Crippen LogP contribution in [0.1, 0.15) is 30.5 Å². The van der Waals surface area contributed by atoms with E-state index in [1.165, 1.54) is 13.2 Å². The molecule has 0 aliphatic carbocycles. The highest BCUT2D eigenvalue weighted by atomic mass is 16.5. The number of anilines is 2. The molecule has 3 rings (SSSR count). The van der Waals surface area contributed by atoms with Crippen LogP contribution < -0.4 is 20.1 Å². The fraction of sp³-hybridized carbons (Fsp3) is 0.233. The van der Waals surface area contributed by atoms with Crippen LogP contribution in [0, 0.1) is 12.3 Å². The number of carbonyl (C=O) groups excluding carboxylic acids is 2. The maximum Gasteiger partial charge on any atom is 0.341 e. The summed E-state index contributed by atoms with van der Waals surface area (Å²) in [6.07, 6.45) is 3.73. The molecule has 0 spiro atoms. The fourth-order valence-electron chi connectivity index (χ4n) is 3.75. The minimum Gasteiger partial charge on any atom is -0.493 e. The van der Waals surface area contributed by atoms with Crippen molar-refractivity contribution in [1.82, 2.24) is 0 Å². The zero-order valence-electron chi connectivity index (χ0n) is 21.9. The van der Waals surface area contributed by atoms with Gasteiger partial charge in [-0.15, -0.1) is 0 Å². The van der Waals surface area contributed by atoms with E-state index in [9.17, 15) is 14.4 Å². The summed E-state index contributed by atoms with van der Waals surface area (Å²) in [7, 11) is 1.46. The molecule has 0 bridgehead atoms. The van der Waals surface area contributed by atoms with Crippen LogP contribution in [0.2, 0.25) is 0 Å². The summed E-state index contributed by atoms with van der Waals surface area (Å²) in [5.74, 6) is -0.452. The van der Waals surface area contributed by atoms with Gasteiger partial charge in [0.2, 0.25) is 0 Å². The van der Waals surface area contributed by atoms with Crippen molar-refractivity contribution in [2.45, 2.75) is 27.2 Å². The van der Waals surface area contributed by atoms with Gasteiger partial charge in [0.05, 0.1) is 7.11 Å². The van der Waals surface area contributed by atoms with E-state index in [0.717, 1.165) is 16.8 Å². The van der Waals surface area contributed by atoms with Gasteiger partial charge >= 0.3 is 12.0 Å². The van der Waals surface area contributed by atoms with E-state index in [1.54, 1.807) is 24.3 Å². The first-order chi connectivity index (χ1) is 18.1. The lowest BCUT2D eigenvalue weighted by Crippen LogP contribution is -2.25. The maximum absolute atomic E-state index is 13.0. The molecule has 3 aromatic carbocycles. The number of ether oxygens (including phenoxy) is 2. The van der Waals surface area contributed by atoms with Crippen LogP contribution in [-0.2, 0) is 16.0 Å². The predicted molar refractivity (Wildman–Crippen MR) is 148 cm³/mol. The summed E-state index contributed by atoms with van der Waals surface area (Å²) in [5, 5.41) is 14.4. The number of aliphatic carboxylic acids is 1. The summed E-state index contributed by atoms with van der Waals surface area (Å²) in [6.45, 7) is 5.21. The number of urea groups is 1. The highest BCUT2D eigenvalue weighted by Gasteiger charge is 2.25. The largest absolute Gasteiger partial charge is 0.493 e. The van der Waals surface area contributed by atoms with Gasteiger partial charge in [-0.1, -0.05) is 56.3 Å². The van der Waals surface area contributed by atoms with Crippen molar-refractivity contribution in [3.8, 4) is 11.5 Å². The molecular weight excluding hydrogens is 484 g/mol. The Morgan fingerprint density at radius 2 is 1.66 bits per heavy atom. The van der Waals surface area contributed by atoms with E-state index in [1.807, 2.05) is 69.3 Å². The van der Waals surface area contributed by atoms with Crippen LogP contribution in [0.15, 0.2) is 72.8 Å². The Balaban J connectivity index is 1.59. The molecule has 8 nitrogen and oxygen atoms in total. The van der Waals surface area contributed by atoms with Crippen molar-refractivity contribution in [1.29, 1.82) is 0 Å². The van der Waals surface area contributed by atoms with Crippen LogP contribution >= 0.6 is 0 Å². The summed E-state index contributed by atoms with van der Waals surface area (Å²) in [6, 6.07) is 19.6. The number of methoxy groups -OCH3 is 1. The second-order valence-electron chi connectivity index (χ2n) is 9.44. The monoisotopic (exact) mass is 516 g/mol. The van der Waals surface area contributed by atoms with Gasteiger partial charge in [-0.3, -0.25) is 4.79 Å². The van der Waals surface area contributed by atoms with E-state index in [2.05, 4.69) is 10.6 Å². The van der Waals surface area contributed by atoms with Gasteiger partial charge in [0.1, 0.15) is 0 Å². The van der Waals surface area contributed by atoms with E-state index < -0.39 is 18.0 Å². The molecule has 0 radical (unpaired) electrons. The zero-order chi connectivity index (χ0) is 27.7. The van der Waals surface area contributed by atoms with Gasteiger partial charge in [-0.05, 0) is 66.4 Å². The van der Waals surface area contributed by atoms with Gasteiger partial charge in [0, 0.05) is 16.8 Å². The SMILES string of the molecule is COc1cc(/C=C/C(=O)C(C)(C)Cc2ccc(NC(=O)Nc3ccccc3C)cc2)ccc1OCC(=O)O. The van der Waals surface area contributed by atoms with Crippen molar-refractivity contribution in [2.75, 3.05) is 24.4 Å². The first kappa shape index (κ1) is 28.0. The third kappa shape index (κ3) is 7.96. The molecule has 0 fully saturated rings. The fourth-order valence-corrected chi connectivity index (χ4v) is 3.75. The molecule has 0 saturated carbocycles. The summed E-state index contributed by atoms with van der Waals surface area (Å²) in [4.78, 5) is 36.1. The number of allylic oxidation sites excluding steroid dienone is 1. The Labute approximate surface area is 222 Å². The standard InChI is InChI=1S/C30H32N2O6/c1-20-7-5-6-8-24(20)32-29(36)31-23-13-9-22(10-14-23)18-30(2,3)27(33)16-12-21-11-15-25(26(17-21)37-4)38-19-28(34)35/h5-17H,18-19H2,1-4H3,(H,34,35)(H2,31,32,36)/b16-12+. The van der Waals surface area contributed by atoms with E-state index in [4.69, 9.17) is 14.6 Å². The van der Waals surface area contributed by atoms with Crippen LogP contribution in [0.25, 0.3) is 6.08 Å². The molecule has 2 amide bonds. The first-order valence-corrected chi connectivity index (χ1v) is 12.0. The molecular formula is C30H32N2O6. The quantitative estimate of drug-likeness (QED) is 0.271. The second-order valence-corrected chi connectivity index (χ2v) is 9.44. The number of ketones is 1. The summed E-state index contributed by atoms with van der Waals surface area (Å²) < 4.78 is 10.5. The number of nitrogens with one attached hydrogen (secondary N) is 2. The predicted octanol–water partition coefficient (Wildman–Crippen LogP) is 5.96. The normalized spacial score (nSPS) is 11.2. The molecule has 0 aliphatic rings. The number of hydrogen-bond donors (Lipinski definition) is 3. The summed E-state index contributed by atoms with van der Waals surface area (Å²) >= 11 is 0. The Kier molecular flexibility index (Phi) is 9.27. The third-order valence-corrected chi connectivity index (χ3v) is 5.88. The van der Waals surface area contributed by atoms with Gasteiger partial charge in [-0.2, -0.15) is 0 Å². The van der Waals surface area contributed by atoms with Crippen molar-refractivity contribution in [3.63, 3.8) is 0 Å². The third-order valence-electron chi connectivity index (χ3n) is 5.88. The van der Waals surface area contributed by atoms with Crippen LogP contribution in [0.3, 0.4) is 0 Å². The first-order valence-electron chi connectivity index (χ1n) is 12.0. The van der Waals surface area contributed by atoms with Gasteiger partial charge in [-0.25, -0.2) is 9.59 Å². The lowest BCUT2D eigenvalue weighted by Gasteiger charge is -2.21. The van der Waals surface area contributed by atoms with Crippen LogP contribution in [0.5, 0.6) is 11.5 Å². The second kappa shape index (κ2) is 12.6. The average Bonchev–Trinajstić information content (AvgIpc) is 2.88. The molecule has 3 aromatic rings.